The van der Waals surface area contributed by atoms with E-state index in [1.807, 2.05) is 13.8 Å². The van der Waals surface area contributed by atoms with Crippen LogP contribution in [0.25, 0.3) is 0 Å². The lowest BCUT2D eigenvalue weighted by Gasteiger charge is -2.40. The monoisotopic (exact) mass is 446 g/mol. The molecule has 0 amide bonds. The highest BCUT2D eigenvalue weighted by Crippen LogP contribution is 2.34. The summed E-state index contributed by atoms with van der Waals surface area (Å²) in [6.07, 6.45) is 23.9. The number of halogens is 1. The third kappa shape index (κ3) is 14.1. The highest BCUT2D eigenvalue weighted by atomic mass is 79.9. The van der Waals surface area contributed by atoms with E-state index in [4.69, 9.17) is 9.47 Å². The fourth-order valence-electron chi connectivity index (χ4n) is 3.82. The molecule has 1 fully saturated rings. The van der Waals surface area contributed by atoms with Gasteiger partial charge in [-0.15, -0.1) is 0 Å². The molecule has 2 nitrogen and oxygen atoms in total. The molecule has 1 rings (SSSR count). The summed E-state index contributed by atoms with van der Waals surface area (Å²) in [6, 6.07) is 0. The largest absolute Gasteiger partial charge is 0.349 e. The van der Waals surface area contributed by atoms with E-state index in [2.05, 4.69) is 22.9 Å². The van der Waals surface area contributed by atoms with Crippen LogP contribution in [0.15, 0.2) is 0 Å². The normalized spacial score (nSPS) is 18.7. The van der Waals surface area contributed by atoms with Crippen LogP contribution in [0, 0.1) is 0 Å². The first-order valence-electron chi connectivity index (χ1n) is 11.9. The maximum Gasteiger partial charge on any atom is 0.162 e. The van der Waals surface area contributed by atoms with Crippen molar-refractivity contribution in [3.63, 3.8) is 0 Å². The Balaban J connectivity index is 1.78. The first-order valence-corrected chi connectivity index (χ1v) is 12.7. The van der Waals surface area contributed by atoms with Gasteiger partial charge in [-0.1, -0.05) is 126 Å². The first kappa shape index (κ1) is 25.4. The van der Waals surface area contributed by atoms with E-state index in [9.17, 15) is 0 Å². The minimum atomic E-state index is -0.411. The molecule has 1 aliphatic heterocycles. The SMILES string of the molecule is CCCCCCCCCCCCCCCCCCC1(Br)COC(C)(C)OC1. The molecular weight excluding hydrogens is 400 g/mol. The second-order valence-electron chi connectivity index (χ2n) is 9.18. The zero-order valence-corrected chi connectivity index (χ0v) is 20.2. The third-order valence-corrected chi connectivity index (χ3v) is 6.69. The minimum absolute atomic E-state index is 0.0402. The molecule has 0 unspecified atom stereocenters. The van der Waals surface area contributed by atoms with Crippen LogP contribution < -0.4 is 0 Å². The zero-order chi connectivity index (χ0) is 19.8. The van der Waals surface area contributed by atoms with E-state index in [1.165, 1.54) is 103 Å². The molecule has 0 spiro atoms. The molecule has 1 saturated heterocycles. The van der Waals surface area contributed by atoms with E-state index in [-0.39, 0.29) is 4.32 Å². The molecule has 0 saturated carbocycles. The zero-order valence-electron chi connectivity index (χ0n) is 18.6. The Morgan fingerprint density at radius 3 is 1.30 bits per heavy atom. The lowest BCUT2D eigenvalue weighted by atomic mass is 9.99. The van der Waals surface area contributed by atoms with Crippen molar-refractivity contribution < 1.29 is 9.47 Å². The summed E-state index contributed by atoms with van der Waals surface area (Å²) in [5, 5.41) is 0. The number of alkyl halides is 1. The van der Waals surface area contributed by atoms with Crippen LogP contribution in [0.4, 0.5) is 0 Å². The maximum atomic E-state index is 5.79. The summed E-state index contributed by atoms with van der Waals surface area (Å²) in [6.45, 7) is 7.81. The molecule has 1 aliphatic rings. The third-order valence-electron chi connectivity index (χ3n) is 5.84. The Kier molecular flexibility index (Phi) is 14.4. The van der Waals surface area contributed by atoms with Gasteiger partial charge in [0.05, 0.1) is 17.5 Å². The summed E-state index contributed by atoms with van der Waals surface area (Å²) in [4.78, 5) is 0. The summed E-state index contributed by atoms with van der Waals surface area (Å²) in [7, 11) is 0. The maximum absolute atomic E-state index is 5.79. The van der Waals surface area contributed by atoms with Crippen molar-refractivity contribution in [2.75, 3.05) is 13.2 Å². The van der Waals surface area contributed by atoms with Gasteiger partial charge in [0.1, 0.15) is 0 Å². The van der Waals surface area contributed by atoms with Crippen LogP contribution in [0.1, 0.15) is 130 Å². The fourth-order valence-corrected chi connectivity index (χ4v) is 4.33. The van der Waals surface area contributed by atoms with Gasteiger partial charge in [-0.2, -0.15) is 0 Å². The summed E-state index contributed by atoms with van der Waals surface area (Å²) >= 11 is 3.84. The van der Waals surface area contributed by atoms with Crippen molar-refractivity contribution >= 4 is 15.9 Å². The van der Waals surface area contributed by atoms with Crippen LogP contribution in [-0.4, -0.2) is 23.3 Å². The molecule has 0 aromatic heterocycles. The van der Waals surface area contributed by atoms with Gasteiger partial charge < -0.3 is 9.47 Å². The predicted octanol–water partition coefficient (Wildman–Crippen LogP) is 8.55. The quantitative estimate of drug-likeness (QED) is 0.164. The lowest BCUT2D eigenvalue weighted by Crippen LogP contribution is -2.47. The van der Waals surface area contributed by atoms with Gasteiger partial charge in [-0.25, -0.2) is 0 Å². The van der Waals surface area contributed by atoms with Gasteiger partial charge in [0, 0.05) is 0 Å². The van der Waals surface area contributed by atoms with Gasteiger partial charge in [0.15, 0.2) is 5.79 Å². The van der Waals surface area contributed by atoms with E-state index < -0.39 is 5.79 Å². The van der Waals surface area contributed by atoms with Gasteiger partial charge >= 0.3 is 0 Å². The molecule has 0 bridgehead atoms. The Hall–Kier alpha value is 0.400. The van der Waals surface area contributed by atoms with Crippen molar-refractivity contribution in [3.05, 3.63) is 0 Å². The summed E-state index contributed by atoms with van der Waals surface area (Å²) < 4.78 is 11.6. The highest BCUT2D eigenvalue weighted by Gasteiger charge is 2.37. The van der Waals surface area contributed by atoms with Crippen molar-refractivity contribution in [2.24, 2.45) is 0 Å². The highest BCUT2D eigenvalue weighted by molar-refractivity contribution is 9.10. The molecule has 3 heteroatoms. The van der Waals surface area contributed by atoms with Gasteiger partial charge in [0.25, 0.3) is 0 Å². The molecule has 0 radical (unpaired) electrons. The Morgan fingerprint density at radius 1 is 0.593 bits per heavy atom. The number of hydrogen-bond acceptors (Lipinski definition) is 2. The Bertz CT molecular complexity index is 333. The topological polar surface area (TPSA) is 18.5 Å². The first-order chi connectivity index (χ1) is 13.0. The molecule has 0 atom stereocenters. The van der Waals surface area contributed by atoms with E-state index in [1.54, 1.807) is 0 Å². The van der Waals surface area contributed by atoms with Crippen LogP contribution in [0.2, 0.25) is 0 Å². The average Bonchev–Trinajstić information content (AvgIpc) is 2.64. The second-order valence-corrected chi connectivity index (χ2v) is 10.9. The molecule has 1 heterocycles. The molecular formula is C24H47BrO2. The molecule has 162 valence electrons. The van der Waals surface area contributed by atoms with Gasteiger partial charge in [-0.3, -0.25) is 0 Å². The Morgan fingerprint density at radius 2 is 0.926 bits per heavy atom. The lowest BCUT2D eigenvalue weighted by molar-refractivity contribution is -0.254. The minimum Gasteiger partial charge on any atom is -0.349 e. The summed E-state index contributed by atoms with van der Waals surface area (Å²) in [5.74, 6) is -0.411. The van der Waals surface area contributed by atoms with Crippen LogP contribution in [0.5, 0.6) is 0 Å². The number of rotatable bonds is 17. The fraction of sp³-hybridized carbons (Fsp3) is 1.00. The van der Waals surface area contributed by atoms with Crippen LogP contribution in [-0.2, 0) is 9.47 Å². The molecule has 0 N–H and O–H groups in total. The van der Waals surface area contributed by atoms with Crippen molar-refractivity contribution in [2.45, 2.75) is 140 Å². The van der Waals surface area contributed by atoms with Crippen molar-refractivity contribution in [3.8, 4) is 0 Å². The van der Waals surface area contributed by atoms with E-state index >= 15 is 0 Å². The standard InChI is InChI=1S/C24H47BrO2/c1-4-5-6-7-8-9-10-11-12-13-14-15-16-17-18-19-20-24(25)21-26-23(2,3)27-22-24/h4-22H2,1-3H3. The van der Waals surface area contributed by atoms with Crippen LogP contribution in [0.3, 0.4) is 0 Å². The van der Waals surface area contributed by atoms with Gasteiger partial charge in [-0.05, 0) is 20.3 Å². The van der Waals surface area contributed by atoms with Crippen molar-refractivity contribution in [1.29, 1.82) is 0 Å². The average molecular weight is 448 g/mol. The molecule has 0 aliphatic carbocycles. The van der Waals surface area contributed by atoms with E-state index in [0.717, 1.165) is 19.6 Å². The van der Waals surface area contributed by atoms with E-state index in [0.29, 0.717) is 0 Å². The van der Waals surface area contributed by atoms with Gasteiger partial charge in [0.2, 0.25) is 0 Å². The summed E-state index contributed by atoms with van der Waals surface area (Å²) in [5.41, 5.74) is 0. The molecule has 27 heavy (non-hydrogen) atoms. The smallest absolute Gasteiger partial charge is 0.162 e. The number of unbranched alkanes of at least 4 members (excludes halogenated alkanes) is 15. The predicted molar refractivity (Wildman–Crippen MR) is 122 cm³/mol. The Labute approximate surface area is 178 Å². The number of ether oxygens (including phenoxy) is 2. The van der Waals surface area contributed by atoms with Crippen LogP contribution >= 0.6 is 15.9 Å². The second kappa shape index (κ2) is 15.3. The molecule has 0 aromatic rings. The van der Waals surface area contributed by atoms with Crippen molar-refractivity contribution in [1.82, 2.24) is 0 Å². The molecule has 0 aromatic carbocycles. The number of hydrogen-bond donors (Lipinski definition) is 0.